The number of carboxylic acids is 1. The third-order valence-corrected chi connectivity index (χ3v) is 5.46. The van der Waals surface area contributed by atoms with Crippen molar-refractivity contribution in [2.75, 3.05) is 13.2 Å². The number of hydrogen-bond donors (Lipinski definition) is 1. The first-order chi connectivity index (χ1) is 10.0. The molecule has 6 nitrogen and oxygen atoms in total. The Bertz CT molecular complexity index is 552. The van der Waals surface area contributed by atoms with Crippen LogP contribution in [-0.4, -0.2) is 24.3 Å². The largest absolute Gasteiger partial charge is 0.475 e. The average Bonchev–Trinajstić information content (AvgIpc) is 2.78. The van der Waals surface area contributed by atoms with Crippen LogP contribution in [0.4, 0.5) is 0 Å². The van der Waals surface area contributed by atoms with Crippen molar-refractivity contribution >= 4 is 13.6 Å². The van der Waals surface area contributed by atoms with Crippen LogP contribution in [0.25, 0.3) is 0 Å². The lowest BCUT2D eigenvalue weighted by atomic mass is 9.92. The van der Waals surface area contributed by atoms with E-state index in [4.69, 9.17) is 13.5 Å². The van der Waals surface area contributed by atoms with E-state index in [-0.39, 0.29) is 25.1 Å². The highest BCUT2D eigenvalue weighted by Crippen LogP contribution is 2.52. The lowest BCUT2D eigenvalue weighted by Crippen LogP contribution is -2.06. The van der Waals surface area contributed by atoms with E-state index in [0.717, 1.165) is 30.4 Å². The Labute approximate surface area is 124 Å². The maximum absolute atomic E-state index is 12.6. The second kappa shape index (κ2) is 6.77. The van der Waals surface area contributed by atoms with E-state index in [2.05, 4.69) is 0 Å². The van der Waals surface area contributed by atoms with Gasteiger partial charge in [0.2, 0.25) is 5.76 Å². The summed E-state index contributed by atoms with van der Waals surface area (Å²) in [4.78, 5) is 11.3. The summed E-state index contributed by atoms with van der Waals surface area (Å²) in [7, 11) is -3.29. The Hall–Kier alpha value is -1.10. The van der Waals surface area contributed by atoms with Crippen molar-refractivity contribution in [3.05, 3.63) is 22.6 Å². The molecule has 1 heterocycles. The molecule has 0 saturated carbocycles. The van der Waals surface area contributed by atoms with Crippen molar-refractivity contribution in [1.82, 2.24) is 0 Å². The molecule has 0 amide bonds. The zero-order valence-electron chi connectivity index (χ0n) is 12.4. The minimum atomic E-state index is -3.29. The number of carbonyl (C=O) groups is 1. The number of fused-ring (bicyclic) bond motifs is 1. The van der Waals surface area contributed by atoms with Gasteiger partial charge in [-0.05, 0) is 45.1 Å². The molecule has 0 aliphatic heterocycles. The normalized spacial score (nSPS) is 15.0. The van der Waals surface area contributed by atoms with Crippen LogP contribution in [0, 0.1) is 0 Å². The van der Waals surface area contributed by atoms with E-state index in [0.29, 0.717) is 12.2 Å². The molecule has 0 atom stereocenters. The highest BCUT2D eigenvalue weighted by atomic mass is 31.2. The maximum atomic E-state index is 12.6. The lowest BCUT2D eigenvalue weighted by molar-refractivity contribution is 0.0658. The molecule has 0 fully saturated rings. The Morgan fingerprint density at radius 2 is 1.76 bits per heavy atom. The fourth-order valence-electron chi connectivity index (χ4n) is 2.71. The predicted octanol–water partition coefficient (Wildman–Crippen LogP) is 3.62. The molecule has 1 aliphatic rings. The standard InChI is InChI=1S/C14H21O6P/c1-3-18-21(17,19-4-2)9-12-10-7-5-6-8-11(10)13(20-12)14(15)16/h3-9H2,1-2H3,(H,15,16). The Morgan fingerprint density at radius 3 is 2.29 bits per heavy atom. The molecule has 2 rings (SSSR count). The van der Waals surface area contributed by atoms with Crippen LogP contribution < -0.4 is 0 Å². The molecule has 118 valence electrons. The molecule has 0 unspecified atom stereocenters. The van der Waals surface area contributed by atoms with Gasteiger partial charge in [0.25, 0.3) is 0 Å². The van der Waals surface area contributed by atoms with Crippen molar-refractivity contribution in [2.24, 2.45) is 0 Å². The number of carboxylic acid groups (broad SMARTS) is 1. The maximum Gasteiger partial charge on any atom is 0.372 e. The van der Waals surface area contributed by atoms with E-state index >= 15 is 0 Å². The third-order valence-electron chi connectivity index (χ3n) is 3.49. The van der Waals surface area contributed by atoms with E-state index in [9.17, 15) is 14.5 Å². The molecule has 1 N–H and O–H groups in total. The highest BCUT2D eigenvalue weighted by Gasteiger charge is 2.32. The predicted molar refractivity (Wildman–Crippen MR) is 76.9 cm³/mol. The van der Waals surface area contributed by atoms with Crippen molar-refractivity contribution < 1.29 is 27.9 Å². The van der Waals surface area contributed by atoms with Crippen LogP contribution in [0.3, 0.4) is 0 Å². The highest BCUT2D eigenvalue weighted by molar-refractivity contribution is 7.53. The molecule has 0 radical (unpaired) electrons. The van der Waals surface area contributed by atoms with Crippen LogP contribution in [0.1, 0.15) is 54.1 Å². The summed E-state index contributed by atoms with van der Waals surface area (Å²) in [5, 5.41) is 9.23. The summed E-state index contributed by atoms with van der Waals surface area (Å²) < 4.78 is 28.6. The first-order valence-corrected chi connectivity index (χ1v) is 8.98. The van der Waals surface area contributed by atoms with E-state index in [1.54, 1.807) is 13.8 Å². The van der Waals surface area contributed by atoms with Crippen molar-refractivity contribution in [3.63, 3.8) is 0 Å². The Kier molecular flexibility index (Phi) is 5.25. The monoisotopic (exact) mass is 316 g/mol. The lowest BCUT2D eigenvalue weighted by Gasteiger charge is -2.17. The van der Waals surface area contributed by atoms with Gasteiger partial charge >= 0.3 is 13.6 Å². The van der Waals surface area contributed by atoms with Crippen molar-refractivity contribution in [3.8, 4) is 0 Å². The molecule has 0 bridgehead atoms. The van der Waals surface area contributed by atoms with Gasteiger partial charge < -0.3 is 18.6 Å². The molecule has 1 aliphatic carbocycles. The van der Waals surface area contributed by atoms with Gasteiger partial charge in [0.15, 0.2) is 0 Å². The van der Waals surface area contributed by atoms with Crippen LogP contribution in [0.15, 0.2) is 4.42 Å². The van der Waals surface area contributed by atoms with Gasteiger partial charge in [0, 0.05) is 5.56 Å². The number of furan rings is 1. The fraction of sp³-hybridized carbons (Fsp3) is 0.643. The summed E-state index contributed by atoms with van der Waals surface area (Å²) in [6, 6.07) is 0. The second-order valence-corrected chi connectivity index (χ2v) is 6.98. The summed E-state index contributed by atoms with van der Waals surface area (Å²) in [6.07, 6.45) is 3.35. The number of hydrogen-bond acceptors (Lipinski definition) is 5. The van der Waals surface area contributed by atoms with Gasteiger partial charge in [-0.1, -0.05) is 0 Å². The van der Waals surface area contributed by atoms with E-state index in [1.165, 1.54) is 0 Å². The van der Waals surface area contributed by atoms with Crippen molar-refractivity contribution in [1.29, 1.82) is 0 Å². The summed E-state index contributed by atoms with van der Waals surface area (Å²) >= 11 is 0. The SMILES string of the molecule is CCOP(=O)(Cc1oc(C(=O)O)c2c1CCCC2)OCC. The van der Waals surface area contributed by atoms with Crippen LogP contribution in [0.2, 0.25) is 0 Å². The number of aromatic carboxylic acids is 1. The van der Waals surface area contributed by atoms with Gasteiger partial charge in [-0.25, -0.2) is 4.79 Å². The van der Waals surface area contributed by atoms with E-state index in [1.807, 2.05) is 0 Å². The third kappa shape index (κ3) is 3.57. The summed E-state index contributed by atoms with van der Waals surface area (Å²) in [5.41, 5.74) is 1.61. The average molecular weight is 316 g/mol. The van der Waals surface area contributed by atoms with Gasteiger partial charge in [0.05, 0.1) is 13.2 Å². The topological polar surface area (TPSA) is 86.0 Å². The summed E-state index contributed by atoms with van der Waals surface area (Å²) in [5.74, 6) is -0.673. The van der Waals surface area contributed by atoms with Gasteiger partial charge in [0.1, 0.15) is 11.9 Å². The minimum absolute atomic E-state index is 0.00963. The molecular formula is C14H21O6P. The van der Waals surface area contributed by atoms with Crippen LogP contribution >= 0.6 is 7.60 Å². The fourth-order valence-corrected chi connectivity index (χ4v) is 4.36. The quantitative estimate of drug-likeness (QED) is 0.773. The molecule has 7 heteroatoms. The van der Waals surface area contributed by atoms with Gasteiger partial charge in [-0.2, -0.15) is 0 Å². The van der Waals surface area contributed by atoms with E-state index < -0.39 is 13.6 Å². The molecule has 0 aromatic carbocycles. The molecule has 0 spiro atoms. The van der Waals surface area contributed by atoms with Crippen molar-refractivity contribution in [2.45, 2.75) is 45.7 Å². The molecule has 1 aromatic heterocycles. The molecule has 0 saturated heterocycles. The summed E-state index contributed by atoms with van der Waals surface area (Å²) in [6.45, 7) is 4.02. The Balaban J connectivity index is 2.35. The second-order valence-electron chi connectivity index (χ2n) is 4.93. The molecule has 1 aromatic rings. The minimum Gasteiger partial charge on any atom is -0.475 e. The molecule has 21 heavy (non-hydrogen) atoms. The first-order valence-electron chi connectivity index (χ1n) is 7.25. The zero-order valence-corrected chi connectivity index (χ0v) is 13.3. The Morgan fingerprint density at radius 1 is 1.19 bits per heavy atom. The van der Waals surface area contributed by atoms with Gasteiger partial charge in [-0.3, -0.25) is 4.57 Å². The number of rotatable bonds is 7. The zero-order chi connectivity index (χ0) is 15.5. The first kappa shape index (κ1) is 16.3. The van der Waals surface area contributed by atoms with Gasteiger partial charge in [-0.15, -0.1) is 0 Å². The molecular weight excluding hydrogens is 295 g/mol. The van der Waals surface area contributed by atoms with Crippen LogP contribution in [-0.2, 0) is 32.6 Å². The van der Waals surface area contributed by atoms with Crippen LogP contribution in [0.5, 0.6) is 0 Å². The smallest absolute Gasteiger partial charge is 0.372 e.